The second kappa shape index (κ2) is 7.65. The van der Waals surface area contributed by atoms with Crippen molar-refractivity contribution in [2.45, 2.75) is 33.2 Å². The number of hydrogen-bond donors (Lipinski definition) is 0. The Morgan fingerprint density at radius 2 is 1.93 bits per heavy atom. The van der Waals surface area contributed by atoms with Crippen LogP contribution in [-0.4, -0.2) is 30.2 Å². The van der Waals surface area contributed by atoms with E-state index < -0.39 is 0 Å². The number of ether oxygens (including phenoxy) is 1. The van der Waals surface area contributed by atoms with Crippen molar-refractivity contribution in [2.75, 3.05) is 20.7 Å². The minimum atomic E-state index is 0.879. The van der Waals surface area contributed by atoms with Gasteiger partial charge in [-0.15, -0.1) is 0 Å². The Hall–Kier alpha value is -2.23. The fourth-order valence-corrected chi connectivity index (χ4v) is 4.57. The van der Waals surface area contributed by atoms with E-state index in [0.29, 0.717) is 0 Å². The molecule has 4 rings (SSSR count). The van der Waals surface area contributed by atoms with Crippen molar-refractivity contribution in [1.82, 2.24) is 9.47 Å². The molecule has 0 unspecified atom stereocenters. The second-order valence-electron chi connectivity index (χ2n) is 7.60. The van der Waals surface area contributed by atoms with Crippen LogP contribution >= 0.6 is 11.6 Å². The molecule has 146 valence electrons. The summed E-state index contributed by atoms with van der Waals surface area (Å²) in [7, 11) is 3.89. The Morgan fingerprint density at radius 3 is 2.61 bits per heavy atom. The second-order valence-corrected chi connectivity index (χ2v) is 8.00. The zero-order valence-corrected chi connectivity index (χ0v) is 17.8. The fraction of sp³-hybridized carbons (Fsp3) is 0.333. The van der Waals surface area contributed by atoms with Gasteiger partial charge in [0.25, 0.3) is 0 Å². The molecule has 0 aliphatic carbocycles. The number of methoxy groups -OCH3 is 1. The van der Waals surface area contributed by atoms with Gasteiger partial charge in [-0.25, -0.2) is 0 Å². The molecule has 0 N–H and O–H groups in total. The normalized spacial score (nSPS) is 15.1. The molecular weight excluding hydrogens is 368 g/mol. The zero-order valence-electron chi connectivity index (χ0n) is 17.1. The van der Waals surface area contributed by atoms with Crippen LogP contribution in [0.15, 0.2) is 36.4 Å². The van der Waals surface area contributed by atoms with E-state index >= 15 is 0 Å². The summed E-state index contributed by atoms with van der Waals surface area (Å²) in [6.45, 7) is 6.40. The lowest BCUT2D eigenvalue weighted by molar-refractivity contribution is 0.308. The summed E-state index contributed by atoms with van der Waals surface area (Å²) in [6.07, 6.45) is 4.29. The molecule has 1 aliphatic rings. The van der Waals surface area contributed by atoms with Gasteiger partial charge < -0.3 is 14.2 Å². The summed E-state index contributed by atoms with van der Waals surface area (Å²) in [4.78, 5) is 2.39. The first-order valence-corrected chi connectivity index (χ1v) is 10.3. The van der Waals surface area contributed by atoms with Crippen molar-refractivity contribution in [1.29, 1.82) is 0 Å². The Morgan fingerprint density at radius 1 is 1.18 bits per heavy atom. The number of hydrogen-bond acceptors (Lipinski definition) is 2. The maximum atomic E-state index is 6.57. The summed E-state index contributed by atoms with van der Waals surface area (Å²) in [5, 5.41) is 2.24. The lowest BCUT2D eigenvalue weighted by Crippen LogP contribution is -2.27. The predicted octanol–water partition coefficient (Wildman–Crippen LogP) is 5.87. The van der Waals surface area contributed by atoms with E-state index in [1.807, 2.05) is 18.2 Å². The number of benzene rings is 2. The molecule has 0 fully saturated rings. The molecule has 0 saturated heterocycles. The van der Waals surface area contributed by atoms with E-state index in [9.17, 15) is 0 Å². The smallest absolute Gasteiger partial charge is 0.118 e. The molecule has 28 heavy (non-hydrogen) atoms. The van der Waals surface area contributed by atoms with Gasteiger partial charge in [-0.2, -0.15) is 0 Å². The standard InChI is InChI=1S/C24H27ClN2O/c1-5-19-21(25)10-11-22-24(19)20-12-13-26(3)15-23(20)27(22)14-16(2)17-6-8-18(28-4)9-7-17/h6-11,14H,5,12-13,15H2,1-4H3. The molecule has 3 aromatic rings. The Labute approximate surface area is 172 Å². The van der Waals surface area contributed by atoms with Crippen molar-refractivity contribution in [2.24, 2.45) is 0 Å². The molecule has 0 atom stereocenters. The number of aryl methyl sites for hydroxylation is 1. The summed E-state index contributed by atoms with van der Waals surface area (Å²) in [6, 6.07) is 12.5. The van der Waals surface area contributed by atoms with Gasteiger partial charge in [0.15, 0.2) is 0 Å². The number of rotatable bonds is 4. The minimum absolute atomic E-state index is 0.879. The number of halogens is 1. The highest BCUT2D eigenvalue weighted by Crippen LogP contribution is 2.37. The van der Waals surface area contributed by atoms with Gasteiger partial charge in [-0.05, 0) is 73.3 Å². The molecule has 1 aliphatic heterocycles. The molecule has 4 heteroatoms. The summed E-state index contributed by atoms with van der Waals surface area (Å²) < 4.78 is 7.68. The molecule has 2 heterocycles. The third-order valence-corrected chi connectivity index (χ3v) is 6.17. The Balaban J connectivity index is 1.91. The quantitative estimate of drug-likeness (QED) is 0.550. The van der Waals surface area contributed by atoms with Crippen LogP contribution in [0.3, 0.4) is 0 Å². The van der Waals surface area contributed by atoms with E-state index in [-0.39, 0.29) is 0 Å². The molecule has 3 nitrogen and oxygen atoms in total. The Bertz CT molecular complexity index is 1050. The van der Waals surface area contributed by atoms with Gasteiger partial charge >= 0.3 is 0 Å². The van der Waals surface area contributed by atoms with E-state index in [1.54, 1.807) is 7.11 Å². The van der Waals surface area contributed by atoms with Gasteiger partial charge in [0.2, 0.25) is 0 Å². The van der Waals surface area contributed by atoms with Gasteiger partial charge in [-0.3, -0.25) is 0 Å². The Kier molecular flexibility index (Phi) is 5.22. The van der Waals surface area contributed by atoms with Gasteiger partial charge in [-0.1, -0.05) is 30.7 Å². The van der Waals surface area contributed by atoms with E-state index in [4.69, 9.17) is 16.3 Å². The maximum Gasteiger partial charge on any atom is 0.118 e. The minimum Gasteiger partial charge on any atom is -0.497 e. The van der Waals surface area contributed by atoms with Crippen LogP contribution < -0.4 is 4.74 Å². The van der Waals surface area contributed by atoms with Crippen LogP contribution in [-0.2, 0) is 19.4 Å². The molecular formula is C24H27ClN2O. The van der Waals surface area contributed by atoms with Crippen molar-refractivity contribution in [3.05, 3.63) is 63.8 Å². The number of nitrogens with zero attached hydrogens (tertiary/aromatic N) is 2. The zero-order chi connectivity index (χ0) is 19.8. The van der Waals surface area contributed by atoms with Crippen LogP contribution in [0.5, 0.6) is 5.75 Å². The SMILES string of the molecule is CCc1c(Cl)ccc2c1c1c(n2C=C(C)c2ccc(OC)cc2)CN(C)CC1. The van der Waals surface area contributed by atoms with Crippen molar-refractivity contribution < 1.29 is 4.74 Å². The van der Waals surface area contributed by atoms with Crippen LogP contribution in [0.1, 0.15) is 36.2 Å². The number of aromatic nitrogens is 1. The lowest BCUT2D eigenvalue weighted by Gasteiger charge is -2.24. The third-order valence-electron chi connectivity index (χ3n) is 5.82. The van der Waals surface area contributed by atoms with Gasteiger partial charge in [0.05, 0.1) is 12.6 Å². The van der Waals surface area contributed by atoms with Crippen LogP contribution in [0.4, 0.5) is 0 Å². The predicted molar refractivity (Wildman–Crippen MR) is 119 cm³/mol. The first kappa shape index (κ1) is 19.1. The van der Waals surface area contributed by atoms with Crippen molar-refractivity contribution in [3.63, 3.8) is 0 Å². The average molecular weight is 395 g/mol. The summed E-state index contributed by atoms with van der Waals surface area (Å²) >= 11 is 6.57. The molecule has 0 amide bonds. The number of fused-ring (bicyclic) bond motifs is 3. The van der Waals surface area contributed by atoms with Crippen LogP contribution in [0.25, 0.3) is 22.7 Å². The lowest BCUT2D eigenvalue weighted by atomic mass is 9.98. The third kappa shape index (κ3) is 3.23. The first-order valence-electron chi connectivity index (χ1n) is 9.87. The van der Waals surface area contributed by atoms with E-state index in [2.05, 4.69) is 54.8 Å². The molecule has 0 saturated carbocycles. The average Bonchev–Trinajstić information content (AvgIpc) is 3.01. The molecule has 0 bridgehead atoms. The highest BCUT2D eigenvalue weighted by molar-refractivity contribution is 6.32. The van der Waals surface area contributed by atoms with E-state index in [0.717, 1.165) is 36.7 Å². The first-order chi connectivity index (χ1) is 13.5. The summed E-state index contributed by atoms with van der Waals surface area (Å²) in [5.41, 5.74) is 7.80. The van der Waals surface area contributed by atoms with E-state index in [1.165, 1.54) is 38.9 Å². The van der Waals surface area contributed by atoms with Gasteiger partial charge in [0, 0.05) is 35.4 Å². The van der Waals surface area contributed by atoms with Crippen LogP contribution in [0.2, 0.25) is 5.02 Å². The van der Waals surface area contributed by atoms with Gasteiger partial charge in [0.1, 0.15) is 5.75 Å². The highest BCUT2D eigenvalue weighted by Gasteiger charge is 2.24. The van der Waals surface area contributed by atoms with Crippen molar-refractivity contribution in [3.8, 4) is 5.75 Å². The monoisotopic (exact) mass is 394 g/mol. The largest absolute Gasteiger partial charge is 0.497 e. The molecule has 0 spiro atoms. The fourth-order valence-electron chi connectivity index (χ4n) is 4.28. The number of likely N-dealkylation sites (N-methyl/N-ethyl adjacent to an activating group) is 1. The molecule has 0 radical (unpaired) electrons. The maximum absolute atomic E-state index is 6.57. The molecule has 1 aromatic heterocycles. The van der Waals surface area contributed by atoms with Crippen LogP contribution in [0, 0.1) is 0 Å². The topological polar surface area (TPSA) is 17.4 Å². The highest BCUT2D eigenvalue weighted by atomic mass is 35.5. The number of allylic oxidation sites excluding steroid dienone is 1. The van der Waals surface area contributed by atoms with Crippen molar-refractivity contribution >= 4 is 34.3 Å². The molecule has 2 aromatic carbocycles. The summed E-state index contributed by atoms with van der Waals surface area (Å²) in [5.74, 6) is 0.879.